The highest BCUT2D eigenvalue weighted by molar-refractivity contribution is 7.98. The Morgan fingerprint density at radius 1 is 0.493 bits per heavy atom. The van der Waals surface area contributed by atoms with Crippen LogP contribution in [0.5, 0.6) is 0 Å². The number of thioether (sulfide) groups is 1. The number of hydrogen-bond acceptors (Lipinski definition) is 7. The molecule has 3 saturated heterocycles. The predicted octanol–water partition coefficient (Wildman–Crippen LogP) is 13.2. The van der Waals surface area contributed by atoms with Gasteiger partial charge >= 0.3 is 0 Å². The van der Waals surface area contributed by atoms with Crippen LogP contribution in [0.1, 0.15) is 129 Å². The number of nitrogens with zero attached hydrogens (tertiary/aromatic N) is 11. The first-order valence-corrected chi connectivity index (χ1v) is 27.9. The molecular weight excluding hydrogens is 919 g/mol. The molecule has 6 heterocycles. The Morgan fingerprint density at radius 3 is 1.37 bits per heavy atom. The molecule has 0 spiro atoms. The van der Waals surface area contributed by atoms with Crippen molar-refractivity contribution in [3.8, 4) is 11.4 Å². The van der Waals surface area contributed by atoms with Crippen LogP contribution >= 0.6 is 11.8 Å². The average Bonchev–Trinajstić information content (AvgIpc) is 4.18. The van der Waals surface area contributed by atoms with Gasteiger partial charge in [0.25, 0.3) is 0 Å². The van der Waals surface area contributed by atoms with E-state index in [2.05, 4.69) is 168 Å². The van der Waals surface area contributed by atoms with E-state index in [-0.39, 0.29) is 32.5 Å². The summed E-state index contributed by atoms with van der Waals surface area (Å²) < 4.78 is 1.94. The first-order chi connectivity index (χ1) is 34.8. The first kappa shape index (κ1) is 55.5. The zero-order chi connectivity index (χ0) is 52.3. The fourth-order valence-corrected chi connectivity index (χ4v) is 12.7. The molecule has 0 bridgehead atoms. The Kier molecular flexibility index (Phi) is 18.2. The van der Waals surface area contributed by atoms with E-state index in [4.69, 9.17) is 19.7 Å². The Morgan fingerprint density at radius 2 is 0.918 bits per heavy atom. The van der Waals surface area contributed by atoms with Crippen LogP contribution in [0.3, 0.4) is 0 Å². The lowest BCUT2D eigenvalue weighted by molar-refractivity contribution is 0.0173. The highest BCUT2D eigenvalue weighted by Crippen LogP contribution is 2.49. The van der Waals surface area contributed by atoms with Gasteiger partial charge in [-0.25, -0.2) is 24.4 Å². The number of hydrogen-bond donors (Lipinski definition) is 0. The Hall–Kier alpha value is -5.29. The van der Waals surface area contributed by atoms with Gasteiger partial charge in [0.05, 0.1) is 30.0 Å². The minimum Gasteiger partial charge on any atom is -0.316 e. The second kappa shape index (κ2) is 23.9. The number of piperidine rings is 3. The maximum absolute atomic E-state index is 7.36. The van der Waals surface area contributed by atoms with Gasteiger partial charge in [0.2, 0.25) is 19.6 Å². The van der Waals surface area contributed by atoms with E-state index in [9.17, 15) is 0 Å². The molecule has 388 valence electrons. The molecule has 0 N–H and O–H groups in total. The average molecular weight is 1000 g/mol. The van der Waals surface area contributed by atoms with Crippen LogP contribution in [0.25, 0.3) is 25.9 Å². The van der Waals surface area contributed by atoms with Gasteiger partial charge in [-0.15, -0.1) is 0 Å². The summed E-state index contributed by atoms with van der Waals surface area (Å²) in [6, 6.07) is 25.7. The van der Waals surface area contributed by atoms with Gasteiger partial charge in [-0.3, -0.25) is 14.7 Å². The van der Waals surface area contributed by atoms with Crippen molar-refractivity contribution < 1.29 is 0 Å². The first-order valence-electron chi connectivity index (χ1n) is 26.7. The Bertz CT molecular complexity index is 2620. The Balaban J connectivity index is 0.000000160. The molecule has 11 nitrogen and oxygen atoms in total. The second-order valence-electron chi connectivity index (χ2n) is 24.6. The van der Waals surface area contributed by atoms with Crippen molar-refractivity contribution in [1.29, 1.82) is 0 Å². The maximum Gasteiger partial charge on any atom is 0.220 e. The third-order valence-electron chi connectivity index (χ3n) is 17.6. The van der Waals surface area contributed by atoms with Gasteiger partial charge in [0, 0.05) is 59.1 Å². The highest BCUT2D eigenvalue weighted by Gasteiger charge is 2.49. The number of rotatable bonds is 11. The molecule has 0 unspecified atom stereocenters. The van der Waals surface area contributed by atoms with Crippen LogP contribution in [-0.4, -0.2) is 98.4 Å². The predicted molar refractivity (Wildman–Crippen MR) is 300 cm³/mol. The minimum absolute atomic E-state index is 0.152. The monoisotopic (exact) mass is 1000 g/mol. The van der Waals surface area contributed by atoms with Crippen molar-refractivity contribution in [1.82, 2.24) is 39.5 Å². The molecule has 4 aliphatic heterocycles. The second-order valence-corrected chi connectivity index (χ2v) is 25.6. The standard InChI is InChI=1S/C21H28N4.C20H27N5.C20H28N2S/c1-20(2,3)21(17-22-4)10-12-24(13-11-21)15-18-14-23-25(16-18)19-8-6-5-7-9-19;1-19(2,3)20(16-21-4)9-13-24(14-10-20)15-17-5-7-18(8-6-17)25-22-11-12-23-25;1-19(2,3)20(15-21-4)7-9-22(10-8-20)12-16-5-6-17-13-23-14-18(17)11-16/h5-9,14,16H,10-13,15,17H2,1-3H3;5-8,11-12H,9-10,13-16H2,1-3H3;5-6,11H,7-10,12-15H2,1-3H3. The number of fused-ring (bicyclic) bond motifs is 1. The van der Waals surface area contributed by atoms with Gasteiger partial charge in [-0.2, -0.15) is 31.9 Å². The molecule has 73 heavy (non-hydrogen) atoms. The summed E-state index contributed by atoms with van der Waals surface area (Å²) in [5, 5.41) is 12.8. The van der Waals surface area contributed by atoms with Gasteiger partial charge < -0.3 is 14.5 Å². The molecule has 0 atom stereocenters. The largest absolute Gasteiger partial charge is 0.316 e. The fraction of sp³-hybridized carbons (Fsp3) is 0.574. The molecule has 3 aromatic carbocycles. The molecule has 5 aromatic rings. The smallest absolute Gasteiger partial charge is 0.220 e. The molecule has 9 rings (SSSR count). The van der Waals surface area contributed by atoms with Gasteiger partial charge in [-0.05, 0) is 141 Å². The van der Waals surface area contributed by atoms with Crippen LogP contribution in [0.4, 0.5) is 0 Å². The lowest BCUT2D eigenvalue weighted by Gasteiger charge is -2.46. The molecule has 0 amide bonds. The van der Waals surface area contributed by atoms with E-state index in [1.165, 1.54) is 33.8 Å². The van der Waals surface area contributed by atoms with Crippen LogP contribution < -0.4 is 0 Å². The van der Waals surface area contributed by atoms with Gasteiger partial charge in [0.15, 0.2) is 0 Å². The van der Waals surface area contributed by atoms with E-state index in [1.54, 1.807) is 22.8 Å². The molecule has 0 radical (unpaired) electrons. The van der Waals surface area contributed by atoms with Gasteiger partial charge in [-0.1, -0.05) is 111 Å². The van der Waals surface area contributed by atoms with Gasteiger partial charge in [0.1, 0.15) is 0 Å². The molecule has 4 aliphatic rings. The molecule has 3 fully saturated rings. The molecule has 0 saturated carbocycles. The summed E-state index contributed by atoms with van der Waals surface area (Å²) in [5.41, 5.74) is 10.2. The van der Waals surface area contributed by atoms with Crippen LogP contribution in [0, 0.1) is 52.2 Å². The summed E-state index contributed by atoms with van der Waals surface area (Å²) in [6.07, 6.45) is 14.2. The molecule has 12 heteroatoms. The van der Waals surface area contributed by atoms with E-state index < -0.39 is 0 Å². The zero-order valence-corrected chi connectivity index (χ0v) is 46.5. The van der Waals surface area contributed by atoms with Crippen molar-refractivity contribution >= 4 is 11.8 Å². The normalized spacial score (nSPS) is 18.9. The molecule has 2 aromatic heterocycles. The third kappa shape index (κ3) is 13.7. The van der Waals surface area contributed by atoms with E-state index in [0.29, 0.717) is 19.6 Å². The summed E-state index contributed by atoms with van der Waals surface area (Å²) in [6.45, 7) is 54.2. The van der Waals surface area contributed by atoms with Crippen LogP contribution in [0.2, 0.25) is 0 Å². The summed E-state index contributed by atoms with van der Waals surface area (Å²) in [5.74, 6) is 2.37. The van der Waals surface area contributed by atoms with E-state index in [0.717, 1.165) is 109 Å². The van der Waals surface area contributed by atoms with Crippen molar-refractivity contribution in [2.75, 3.05) is 58.9 Å². The summed E-state index contributed by atoms with van der Waals surface area (Å²) in [4.78, 5) is 20.5. The number of aromatic nitrogens is 5. The van der Waals surface area contributed by atoms with Crippen LogP contribution in [0.15, 0.2) is 97.6 Å². The highest BCUT2D eigenvalue weighted by atomic mass is 32.2. The van der Waals surface area contributed by atoms with E-state index in [1.807, 2.05) is 40.8 Å². The molecule has 0 aliphatic carbocycles. The maximum atomic E-state index is 7.36. The third-order valence-corrected chi connectivity index (χ3v) is 18.6. The number of benzene rings is 3. The van der Waals surface area contributed by atoms with Crippen molar-refractivity contribution in [2.45, 2.75) is 132 Å². The number of para-hydroxylation sites is 1. The fourth-order valence-electron chi connectivity index (χ4n) is 11.7. The summed E-state index contributed by atoms with van der Waals surface area (Å²) >= 11 is 2.02. The Labute approximate surface area is 443 Å². The summed E-state index contributed by atoms with van der Waals surface area (Å²) in [7, 11) is 0. The minimum atomic E-state index is 0.152. The van der Waals surface area contributed by atoms with Crippen molar-refractivity contribution in [3.63, 3.8) is 0 Å². The lowest BCUT2D eigenvalue weighted by atomic mass is 9.61. The van der Waals surface area contributed by atoms with Crippen LogP contribution in [-0.2, 0) is 31.1 Å². The lowest BCUT2D eigenvalue weighted by Crippen LogP contribution is -2.47. The van der Waals surface area contributed by atoms with Crippen molar-refractivity contribution in [3.05, 3.63) is 160 Å². The number of likely N-dealkylation sites (tertiary alicyclic amines) is 3. The topological polar surface area (TPSA) is 71.3 Å². The SMILES string of the molecule is [C-]#[N+]CC1(C(C)(C)C)CCN(Cc2ccc(-n3nccn3)cc2)CC1.[C-]#[N+]CC1(C(C)(C)C)CCN(Cc2ccc3c(c2)CSC3)CC1.[C-]#[N+]CC1(C(C)(C)C)CCN(Cc2cnn(-c3ccccc3)c2)CC1. The quantitative estimate of drug-likeness (QED) is 0.122. The molecular formula is C61H83N11S. The van der Waals surface area contributed by atoms with E-state index >= 15 is 0 Å². The zero-order valence-electron chi connectivity index (χ0n) is 45.7. The van der Waals surface area contributed by atoms with Crippen molar-refractivity contribution in [2.24, 2.45) is 32.5 Å².